The van der Waals surface area contributed by atoms with Crippen molar-refractivity contribution >= 4 is 29.3 Å². The Morgan fingerprint density at radius 1 is 1.03 bits per heavy atom. The van der Waals surface area contributed by atoms with E-state index < -0.39 is 0 Å². The lowest BCUT2D eigenvalue weighted by molar-refractivity contribution is -0.113. The van der Waals surface area contributed by atoms with E-state index in [0.717, 1.165) is 17.9 Å². The van der Waals surface area contributed by atoms with Crippen molar-refractivity contribution in [2.45, 2.75) is 25.2 Å². The van der Waals surface area contributed by atoms with Crippen molar-refractivity contribution in [2.24, 2.45) is 5.92 Å². The fourth-order valence-electron chi connectivity index (χ4n) is 2.82. The van der Waals surface area contributed by atoms with E-state index in [2.05, 4.69) is 24.5 Å². The molecule has 0 heterocycles. The van der Waals surface area contributed by atoms with Crippen LogP contribution in [0, 0.1) is 5.92 Å². The lowest BCUT2D eigenvalue weighted by atomic mass is 10.2. The van der Waals surface area contributed by atoms with Crippen LogP contribution in [-0.4, -0.2) is 51.5 Å². The summed E-state index contributed by atoms with van der Waals surface area (Å²) < 4.78 is 16.0. The Labute approximate surface area is 194 Å². The van der Waals surface area contributed by atoms with Gasteiger partial charge in [-0.15, -0.1) is 11.8 Å². The number of ether oxygens (including phenoxy) is 3. The molecule has 2 aromatic carbocycles. The molecule has 32 heavy (non-hydrogen) atoms. The van der Waals surface area contributed by atoms with E-state index in [1.165, 1.54) is 11.8 Å². The number of hydrogen-bond donors (Lipinski definition) is 2. The first kappa shape index (κ1) is 25.5. The molecule has 7 nitrogen and oxygen atoms in total. The van der Waals surface area contributed by atoms with Gasteiger partial charge in [0.25, 0.3) is 5.91 Å². The quantitative estimate of drug-likeness (QED) is 0.344. The Balaban J connectivity index is 1.86. The molecule has 2 rings (SSSR count). The SMILES string of the molecule is COc1ccc(NC(=O)CSc2ccccc2C(=O)NCCCOCC(C)C)cc1OC. The average molecular weight is 461 g/mol. The van der Waals surface area contributed by atoms with Crippen molar-refractivity contribution in [3.8, 4) is 11.5 Å². The second-order valence-corrected chi connectivity index (χ2v) is 8.50. The molecule has 0 spiro atoms. The Bertz CT molecular complexity index is 888. The highest BCUT2D eigenvalue weighted by molar-refractivity contribution is 8.00. The Morgan fingerprint density at radius 2 is 1.78 bits per heavy atom. The summed E-state index contributed by atoms with van der Waals surface area (Å²) in [6, 6.07) is 12.5. The molecule has 0 radical (unpaired) electrons. The van der Waals surface area contributed by atoms with Crippen molar-refractivity contribution < 1.29 is 23.8 Å². The van der Waals surface area contributed by atoms with Gasteiger partial charge in [0, 0.05) is 36.4 Å². The van der Waals surface area contributed by atoms with Gasteiger partial charge in [0.05, 0.1) is 25.5 Å². The summed E-state index contributed by atoms with van der Waals surface area (Å²) in [6.45, 7) is 6.08. The minimum Gasteiger partial charge on any atom is -0.493 e. The summed E-state index contributed by atoms with van der Waals surface area (Å²) in [5, 5.41) is 5.76. The normalized spacial score (nSPS) is 10.7. The van der Waals surface area contributed by atoms with Crippen LogP contribution in [0.1, 0.15) is 30.6 Å². The predicted octanol–water partition coefficient (Wildman–Crippen LogP) is 4.23. The molecule has 2 amide bonds. The van der Waals surface area contributed by atoms with Gasteiger partial charge in [-0.25, -0.2) is 0 Å². The molecule has 8 heteroatoms. The van der Waals surface area contributed by atoms with Gasteiger partial charge in [-0.05, 0) is 36.6 Å². The zero-order valence-electron chi connectivity index (χ0n) is 19.1. The standard InChI is InChI=1S/C24H32N2O5S/c1-17(2)15-31-13-7-12-25-24(28)19-8-5-6-9-22(19)32-16-23(27)26-18-10-11-20(29-3)21(14-18)30-4/h5-6,8-11,14,17H,7,12-13,15-16H2,1-4H3,(H,25,28)(H,26,27). The highest BCUT2D eigenvalue weighted by Crippen LogP contribution is 2.30. The van der Waals surface area contributed by atoms with Crippen LogP contribution in [0.4, 0.5) is 5.69 Å². The van der Waals surface area contributed by atoms with E-state index in [0.29, 0.717) is 41.8 Å². The van der Waals surface area contributed by atoms with Crippen LogP contribution in [0.3, 0.4) is 0 Å². The summed E-state index contributed by atoms with van der Waals surface area (Å²) in [5.74, 6) is 1.46. The fraction of sp³-hybridized carbons (Fsp3) is 0.417. The molecule has 2 N–H and O–H groups in total. The number of carbonyl (C=O) groups excluding carboxylic acids is 2. The molecular formula is C24H32N2O5S. The van der Waals surface area contributed by atoms with Crippen molar-refractivity contribution in [3.63, 3.8) is 0 Å². The summed E-state index contributed by atoms with van der Waals surface area (Å²) in [7, 11) is 3.10. The fourth-order valence-corrected chi connectivity index (χ4v) is 3.67. The molecule has 0 aliphatic heterocycles. The van der Waals surface area contributed by atoms with E-state index >= 15 is 0 Å². The van der Waals surface area contributed by atoms with Gasteiger partial charge >= 0.3 is 0 Å². The van der Waals surface area contributed by atoms with Crippen molar-refractivity contribution in [2.75, 3.05) is 45.0 Å². The second-order valence-electron chi connectivity index (χ2n) is 7.48. The Hall–Kier alpha value is -2.71. The lowest BCUT2D eigenvalue weighted by Crippen LogP contribution is -2.26. The van der Waals surface area contributed by atoms with E-state index in [9.17, 15) is 9.59 Å². The third-order valence-corrected chi connectivity index (χ3v) is 5.43. The maximum atomic E-state index is 12.6. The molecule has 0 saturated carbocycles. The van der Waals surface area contributed by atoms with Gasteiger partial charge < -0.3 is 24.8 Å². The summed E-state index contributed by atoms with van der Waals surface area (Å²) in [6.07, 6.45) is 0.751. The Kier molecular flexibility index (Phi) is 10.9. The Morgan fingerprint density at radius 3 is 2.50 bits per heavy atom. The average Bonchev–Trinajstić information content (AvgIpc) is 2.79. The number of amides is 2. The highest BCUT2D eigenvalue weighted by Gasteiger charge is 2.13. The third kappa shape index (κ3) is 8.43. The number of nitrogens with one attached hydrogen (secondary N) is 2. The lowest BCUT2D eigenvalue weighted by Gasteiger charge is -2.12. The molecule has 0 aliphatic rings. The number of carbonyl (C=O) groups is 2. The molecular weight excluding hydrogens is 428 g/mol. The van der Waals surface area contributed by atoms with E-state index in [1.807, 2.05) is 18.2 Å². The van der Waals surface area contributed by atoms with Gasteiger partial charge in [-0.2, -0.15) is 0 Å². The number of anilines is 1. The minimum absolute atomic E-state index is 0.155. The van der Waals surface area contributed by atoms with E-state index in [4.69, 9.17) is 14.2 Å². The van der Waals surface area contributed by atoms with E-state index in [1.54, 1.807) is 38.5 Å². The smallest absolute Gasteiger partial charge is 0.252 e. The number of rotatable bonds is 13. The highest BCUT2D eigenvalue weighted by atomic mass is 32.2. The predicted molar refractivity (Wildman–Crippen MR) is 128 cm³/mol. The maximum Gasteiger partial charge on any atom is 0.252 e. The first-order valence-electron chi connectivity index (χ1n) is 10.5. The summed E-state index contributed by atoms with van der Waals surface area (Å²) >= 11 is 1.32. The number of benzene rings is 2. The van der Waals surface area contributed by atoms with Crippen LogP contribution >= 0.6 is 11.8 Å². The van der Waals surface area contributed by atoms with Crippen LogP contribution < -0.4 is 20.1 Å². The van der Waals surface area contributed by atoms with E-state index in [-0.39, 0.29) is 17.6 Å². The molecule has 0 aromatic heterocycles. The van der Waals surface area contributed by atoms with Gasteiger partial charge in [0.15, 0.2) is 11.5 Å². The first-order valence-corrected chi connectivity index (χ1v) is 11.5. The van der Waals surface area contributed by atoms with Crippen LogP contribution in [0.25, 0.3) is 0 Å². The number of hydrogen-bond acceptors (Lipinski definition) is 6. The van der Waals surface area contributed by atoms with Crippen LogP contribution in [-0.2, 0) is 9.53 Å². The van der Waals surface area contributed by atoms with Gasteiger partial charge in [0.2, 0.25) is 5.91 Å². The molecule has 0 saturated heterocycles. The van der Waals surface area contributed by atoms with Crippen LogP contribution in [0.2, 0.25) is 0 Å². The first-order chi connectivity index (χ1) is 15.4. The van der Waals surface area contributed by atoms with Crippen molar-refractivity contribution in [3.05, 3.63) is 48.0 Å². The number of thioether (sulfide) groups is 1. The third-order valence-electron chi connectivity index (χ3n) is 4.36. The van der Waals surface area contributed by atoms with Gasteiger partial charge in [0.1, 0.15) is 0 Å². The molecule has 2 aromatic rings. The second kappa shape index (κ2) is 13.6. The summed E-state index contributed by atoms with van der Waals surface area (Å²) in [5.41, 5.74) is 1.17. The molecule has 0 aliphatic carbocycles. The van der Waals surface area contributed by atoms with Crippen molar-refractivity contribution in [1.29, 1.82) is 0 Å². The van der Waals surface area contributed by atoms with Gasteiger partial charge in [-0.3, -0.25) is 9.59 Å². The monoisotopic (exact) mass is 460 g/mol. The zero-order valence-corrected chi connectivity index (χ0v) is 19.9. The molecule has 0 atom stereocenters. The van der Waals surface area contributed by atoms with Crippen LogP contribution in [0.5, 0.6) is 11.5 Å². The molecule has 0 bridgehead atoms. The zero-order chi connectivity index (χ0) is 23.3. The maximum absolute atomic E-state index is 12.6. The topological polar surface area (TPSA) is 85.9 Å². The molecule has 174 valence electrons. The molecule has 0 fully saturated rings. The largest absolute Gasteiger partial charge is 0.493 e. The minimum atomic E-state index is -0.181. The number of methoxy groups -OCH3 is 2. The van der Waals surface area contributed by atoms with Crippen molar-refractivity contribution in [1.82, 2.24) is 5.32 Å². The van der Waals surface area contributed by atoms with Gasteiger partial charge in [-0.1, -0.05) is 26.0 Å². The summed E-state index contributed by atoms with van der Waals surface area (Å²) in [4.78, 5) is 25.8. The molecule has 0 unspecified atom stereocenters. The van der Waals surface area contributed by atoms with Crippen LogP contribution in [0.15, 0.2) is 47.4 Å².